The van der Waals surface area contributed by atoms with Crippen LogP contribution in [-0.2, 0) is 10.5 Å². The molecular weight excluding hydrogens is 504 g/mol. The lowest BCUT2D eigenvalue weighted by molar-refractivity contribution is -0.384. The Balaban J connectivity index is 1.52. The SMILES string of the molecule is CCOc1ccc(C2C3=C(CC(C)(C)CC3=O)Nc3nc(SCc4ccc([N+](=O)[O-])cc4)[nH]c(=O)c32)cc1. The molecule has 2 N–H and O–H groups in total. The first kappa shape index (κ1) is 25.7. The van der Waals surface area contributed by atoms with Crippen molar-refractivity contribution in [3.8, 4) is 5.75 Å². The summed E-state index contributed by atoms with van der Waals surface area (Å²) in [5.41, 5.74) is 3.05. The van der Waals surface area contributed by atoms with Gasteiger partial charge in [0.25, 0.3) is 11.2 Å². The summed E-state index contributed by atoms with van der Waals surface area (Å²) in [5.74, 6) is 1.14. The highest BCUT2D eigenvalue weighted by molar-refractivity contribution is 7.98. The number of nitro benzene ring substituents is 1. The summed E-state index contributed by atoms with van der Waals surface area (Å²) in [7, 11) is 0. The molecule has 1 aliphatic heterocycles. The number of rotatable bonds is 7. The number of anilines is 1. The van der Waals surface area contributed by atoms with Gasteiger partial charge in [-0.25, -0.2) is 4.98 Å². The number of allylic oxidation sites excluding steroid dienone is 2. The highest BCUT2D eigenvalue weighted by atomic mass is 32.2. The van der Waals surface area contributed by atoms with Gasteiger partial charge in [0.15, 0.2) is 10.9 Å². The molecule has 0 fully saturated rings. The van der Waals surface area contributed by atoms with Gasteiger partial charge in [0.05, 0.1) is 17.1 Å². The van der Waals surface area contributed by atoms with E-state index in [1.165, 1.54) is 23.9 Å². The zero-order valence-corrected chi connectivity index (χ0v) is 22.2. The van der Waals surface area contributed by atoms with Crippen LogP contribution in [0.1, 0.15) is 56.2 Å². The molecule has 1 aliphatic carbocycles. The van der Waals surface area contributed by atoms with E-state index in [0.29, 0.717) is 47.3 Å². The number of nitrogens with zero attached hydrogens (tertiary/aromatic N) is 2. The number of nitrogens with one attached hydrogen (secondary N) is 2. The highest BCUT2D eigenvalue weighted by Gasteiger charge is 2.42. The Labute approximate surface area is 223 Å². The van der Waals surface area contributed by atoms with E-state index in [1.807, 2.05) is 31.2 Å². The molecular formula is C28H28N4O5S. The maximum atomic E-state index is 13.5. The van der Waals surface area contributed by atoms with Crippen molar-refractivity contribution in [3.05, 3.63) is 97.0 Å². The second-order valence-corrected chi connectivity index (χ2v) is 11.2. The van der Waals surface area contributed by atoms with Crippen LogP contribution >= 0.6 is 11.8 Å². The third kappa shape index (κ3) is 5.08. The van der Waals surface area contributed by atoms with E-state index in [9.17, 15) is 19.7 Å². The molecule has 2 aliphatic rings. The van der Waals surface area contributed by atoms with Gasteiger partial charge in [-0.15, -0.1) is 0 Å². The number of nitro groups is 1. The third-order valence-electron chi connectivity index (χ3n) is 6.75. The summed E-state index contributed by atoms with van der Waals surface area (Å²) in [4.78, 5) is 45.0. The minimum absolute atomic E-state index is 0.0256. The van der Waals surface area contributed by atoms with Crippen LogP contribution < -0.4 is 15.6 Å². The second-order valence-electron chi connectivity index (χ2n) is 10.2. The molecule has 5 rings (SSSR count). The van der Waals surface area contributed by atoms with Crippen molar-refractivity contribution < 1.29 is 14.5 Å². The van der Waals surface area contributed by atoms with Crippen LogP contribution in [0.25, 0.3) is 0 Å². The zero-order valence-electron chi connectivity index (χ0n) is 21.4. The number of aromatic amines is 1. The molecule has 0 saturated heterocycles. The van der Waals surface area contributed by atoms with Gasteiger partial charge in [0.2, 0.25) is 0 Å². The van der Waals surface area contributed by atoms with Crippen molar-refractivity contribution in [2.75, 3.05) is 11.9 Å². The number of non-ortho nitro benzene ring substituents is 1. The number of thioether (sulfide) groups is 1. The Bertz CT molecular complexity index is 1490. The summed E-state index contributed by atoms with van der Waals surface area (Å²) in [6.45, 7) is 6.59. The van der Waals surface area contributed by atoms with Crippen LogP contribution in [0.15, 0.2) is 69.8 Å². The van der Waals surface area contributed by atoms with Crippen molar-refractivity contribution in [2.45, 2.75) is 50.4 Å². The molecule has 0 spiro atoms. The van der Waals surface area contributed by atoms with Crippen LogP contribution in [0.2, 0.25) is 0 Å². The Morgan fingerprint density at radius 2 is 1.82 bits per heavy atom. The lowest BCUT2D eigenvalue weighted by Gasteiger charge is -2.38. The Morgan fingerprint density at radius 1 is 1.11 bits per heavy atom. The fourth-order valence-electron chi connectivity index (χ4n) is 5.08. The molecule has 196 valence electrons. The van der Waals surface area contributed by atoms with Crippen LogP contribution in [-0.4, -0.2) is 27.3 Å². The predicted octanol–water partition coefficient (Wildman–Crippen LogP) is 5.57. The van der Waals surface area contributed by atoms with Crippen molar-refractivity contribution >= 4 is 29.1 Å². The summed E-state index contributed by atoms with van der Waals surface area (Å²) < 4.78 is 5.59. The maximum absolute atomic E-state index is 13.5. The van der Waals surface area contributed by atoms with E-state index in [-0.39, 0.29) is 22.4 Å². The average molecular weight is 533 g/mol. The summed E-state index contributed by atoms with van der Waals surface area (Å²) in [5, 5.41) is 14.7. The predicted molar refractivity (Wildman–Crippen MR) is 146 cm³/mol. The van der Waals surface area contributed by atoms with Crippen molar-refractivity contribution in [2.24, 2.45) is 5.41 Å². The first-order chi connectivity index (χ1) is 18.1. The fraction of sp³-hybridized carbons (Fsp3) is 0.321. The third-order valence-corrected chi connectivity index (χ3v) is 7.69. The van der Waals surface area contributed by atoms with Gasteiger partial charge in [-0.05, 0) is 42.0 Å². The smallest absolute Gasteiger partial charge is 0.269 e. The first-order valence-corrected chi connectivity index (χ1v) is 13.4. The molecule has 0 radical (unpaired) electrons. The molecule has 2 heterocycles. The number of Topliss-reactive ketones (excluding diaryl/α,β-unsaturated/α-hetero) is 1. The molecule has 0 saturated carbocycles. The number of fused-ring (bicyclic) bond motifs is 1. The van der Waals surface area contributed by atoms with Crippen molar-refractivity contribution in [1.29, 1.82) is 0 Å². The number of benzene rings is 2. The number of ether oxygens (including phenoxy) is 1. The van der Waals surface area contributed by atoms with Gasteiger partial charge in [0, 0.05) is 41.5 Å². The molecule has 38 heavy (non-hydrogen) atoms. The Kier molecular flexibility index (Phi) is 6.83. The average Bonchev–Trinajstić information content (AvgIpc) is 2.86. The number of H-pyrrole nitrogens is 1. The van der Waals surface area contributed by atoms with Gasteiger partial charge in [-0.2, -0.15) is 0 Å². The molecule has 1 aromatic heterocycles. The zero-order chi connectivity index (χ0) is 27.0. The topological polar surface area (TPSA) is 127 Å². The molecule has 10 heteroatoms. The van der Waals surface area contributed by atoms with E-state index < -0.39 is 10.8 Å². The van der Waals surface area contributed by atoms with Gasteiger partial charge in [-0.1, -0.05) is 49.9 Å². The lowest BCUT2D eigenvalue weighted by atomic mass is 9.69. The highest BCUT2D eigenvalue weighted by Crippen LogP contribution is 2.47. The number of carbonyl (C=O) groups is 1. The van der Waals surface area contributed by atoms with Gasteiger partial charge in [-0.3, -0.25) is 19.7 Å². The van der Waals surface area contributed by atoms with E-state index in [0.717, 1.165) is 22.6 Å². The standard InChI is InChI=1S/C28H28N4O5S/c1-4-37-19-11-7-17(8-12-19)22-23-20(13-28(2,3)14-21(23)33)29-25-24(22)26(34)31-27(30-25)38-15-16-5-9-18(10-6-16)32(35)36/h5-12,22H,4,13-15H2,1-3H3,(H2,29,30,31,34). The second kappa shape index (κ2) is 10.1. The van der Waals surface area contributed by atoms with Gasteiger partial charge >= 0.3 is 0 Å². The molecule has 2 aromatic carbocycles. The molecule has 3 aromatic rings. The van der Waals surface area contributed by atoms with Crippen LogP contribution in [0.5, 0.6) is 5.75 Å². The van der Waals surface area contributed by atoms with Crippen molar-refractivity contribution in [1.82, 2.24) is 9.97 Å². The number of carbonyl (C=O) groups excluding carboxylic acids is 1. The monoisotopic (exact) mass is 532 g/mol. The molecule has 0 amide bonds. The number of aromatic nitrogens is 2. The Hall–Kier alpha value is -3.92. The maximum Gasteiger partial charge on any atom is 0.269 e. The number of hydrogen-bond acceptors (Lipinski definition) is 8. The first-order valence-electron chi connectivity index (χ1n) is 12.4. The van der Waals surface area contributed by atoms with Crippen LogP contribution in [0, 0.1) is 15.5 Å². The molecule has 0 bridgehead atoms. The lowest BCUT2D eigenvalue weighted by Crippen LogP contribution is -2.37. The molecule has 1 unspecified atom stereocenters. The molecule has 9 nitrogen and oxygen atoms in total. The van der Waals surface area contributed by atoms with Crippen LogP contribution in [0.3, 0.4) is 0 Å². The minimum Gasteiger partial charge on any atom is -0.494 e. The van der Waals surface area contributed by atoms with E-state index in [4.69, 9.17) is 9.72 Å². The minimum atomic E-state index is -0.537. The quantitative estimate of drug-likeness (QED) is 0.175. The number of hydrogen-bond donors (Lipinski definition) is 2. The largest absolute Gasteiger partial charge is 0.494 e. The van der Waals surface area contributed by atoms with E-state index >= 15 is 0 Å². The van der Waals surface area contributed by atoms with Gasteiger partial charge in [0.1, 0.15) is 11.6 Å². The molecule has 1 atom stereocenters. The van der Waals surface area contributed by atoms with Crippen LogP contribution in [0.4, 0.5) is 11.5 Å². The summed E-state index contributed by atoms with van der Waals surface area (Å²) in [6, 6.07) is 13.8. The Morgan fingerprint density at radius 3 is 2.47 bits per heavy atom. The van der Waals surface area contributed by atoms with E-state index in [1.54, 1.807) is 12.1 Å². The normalized spacial score (nSPS) is 17.9. The fourth-order valence-corrected chi connectivity index (χ4v) is 5.90. The number of ketones is 1. The van der Waals surface area contributed by atoms with Gasteiger partial charge < -0.3 is 15.0 Å². The summed E-state index contributed by atoms with van der Waals surface area (Å²) >= 11 is 1.33. The van der Waals surface area contributed by atoms with Crippen molar-refractivity contribution in [3.63, 3.8) is 0 Å². The summed E-state index contributed by atoms with van der Waals surface area (Å²) in [6.07, 6.45) is 1.08. The van der Waals surface area contributed by atoms with E-state index in [2.05, 4.69) is 24.1 Å².